The summed E-state index contributed by atoms with van der Waals surface area (Å²) in [5, 5.41) is 12.9. The van der Waals surface area contributed by atoms with Crippen molar-refractivity contribution in [1.82, 2.24) is 20.1 Å². The molecule has 3 aliphatic heterocycles. The van der Waals surface area contributed by atoms with E-state index in [0.717, 1.165) is 38.8 Å². The summed E-state index contributed by atoms with van der Waals surface area (Å²) in [5.41, 5.74) is -1.59. The van der Waals surface area contributed by atoms with Crippen LogP contribution in [0.15, 0.2) is 65.7 Å². The zero-order chi connectivity index (χ0) is 34.1. The second-order valence-electron chi connectivity index (χ2n) is 12.5. The van der Waals surface area contributed by atoms with E-state index in [1.165, 1.54) is 55.8 Å². The van der Waals surface area contributed by atoms with Gasteiger partial charge in [-0.05, 0) is 119 Å². The number of benzene rings is 2. The molecule has 13 heteroatoms. The minimum Gasteiger partial charge on any atom is -0.497 e. The van der Waals surface area contributed by atoms with Gasteiger partial charge >= 0.3 is 6.03 Å². The van der Waals surface area contributed by atoms with Crippen molar-refractivity contribution < 1.29 is 27.5 Å². The minimum absolute atomic E-state index is 0.0161. The van der Waals surface area contributed by atoms with Gasteiger partial charge in [-0.15, -0.1) is 0 Å². The first-order valence-electron chi connectivity index (χ1n) is 16.3. The Morgan fingerprint density at radius 1 is 1.02 bits per heavy atom. The number of carbonyl (C=O) groups is 2. The summed E-state index contributed by atoms with van der Waals surface area (Å²) in [4.78, 5) is 37.5. The number of nitriles is 1. The molecule has 3 aromatic rings. The normalized spacial score (nSPS) is 20.7. The number of amides is 3. The Balaban J connectivity index is 1.43. The Kier molecular flexibility index (Phi) is 9.31. The molecule has 2 saturated heterocycles. The van der Waals surface area contributed by atoms with Gasteiger partial charge in [0.2, 0.25) is 5.88 Å². The number of sulfonamides is 1. The standard InChI is InChI=1S/C35H40N6O6S/c1-4-47-32-29(6-5-17-37-32)35(38-34(43)40-20-15-26(16-21-40)25-13-18-39(2)19-14-25)30-22-24(23-36)7-12-31(30)41(33(35)42)48(44,45)28-10-8-27(46-3)9-11-28/h5-12,17,22,25-26H,4,13-16,18-21H2,1-3H3,(H,38,43). The van der Waals surface area contributed by atoms with Gasteiger partial charge in [0.05, 0.1) is 41.5 Å². The van der Waals surface area contributed by atoms with Crippen molar-refractivity contribution in [2.24, 2.45) is 11.8 Å². The van der Waals surface area contributed by atoms with E-state index in [-0.39, 0.29) is 39.8 Å². The smallest absolute Gasteiger partial charge is 0.318 e. The number of methoxy groups -OCH3 is 1. The van der Waals surface area contributed by atoms with Crippen LogP contribution in [0.2, 0.25) is 0 Å². The van der Waals surface area contributed by atoms with Gasteiger partial charge in [0, 0.05) is 24.8 Å². The third-order valence-corrected chi connectivity index (χ3v) is 11.6. The number of nitrogens with zero attached hydrogens (tertiary/aromatic N) is 5. The zero-order valence-electron chi connectivity index (χ0n) is 27.4. The van der Waals surface area contributed by atoms with Gasteiger partial charge in [-0.2, -0.15) is 9.57 Å². The Morgan fingerprint density at radius 3 is 2.31 bits per heavy atom. The fourth-order valence-electron chi connectivity index (χ4n) is 7.24. The molecule has 3 amide bonds. The molecule has 0 bridgehead atoms. The molecule has 252 valence electrons. The van der Waals surface area contributed by atoms with Crippen molar-refractivity contribution in [1.29, 1.82) is 5.26 Å². The van der Waals surface area contributed by atoms with Crippen LogP contribution < -0.4 is 19.1 Å². The van der Waals surface area contributed by atoms with Crippen LogP contribution in [0.5, 0.6) is 11.6 Å². The molecule has 1 atom stereocenters. The number of fused-ring (bicyclic) bond motifs is 1. The lowest BCUT2D eigenvalue weighted by Crippen LogP contribution is -2.58. The van der Waals surface area contributed by atoms with Gasteiger partial charge in [-0.1, -0.05) is 0 Å². The van der Waals surface area contributed by atoms with Gasteiger partial charge in [-0.3, -0.25) is 4.79 Å². The van der Waals surface area contributed by atoms with E-state index in [9.17, 15) is 18.5 Å². The van der Waals surface area contributed by atoms with Crippen LogP contribution in [0.3, 0.4) is 0 Å². The molecule has 1 aromatic heterocycles. The maximum Gasteiger partial charge on any atom is 0.318 e. The van der Waals surface area contributed by atoms with Crippen LogP contribution >= 0.6 is 0 Å². The topological polar surface area (TPSA) is 145 Å². The first-order chi connectivity index (χ1) is 23.1. The number of ether oxygens (including phenoxy) is 2. The van der Waals surface area contributed by atoms with Gasteiger partial charge in [0.15, 0.2) is 5.54 Å². The number of aromatic nitrogens is 1. The Bertz CT molecular complexity index is 1830. The predicted octanol–water partition coefficient (Wildman–Crippen LogP) is 4.10. The molecule has 48 heavy (non-hydrogen) atoms. The molecule has 2 fully saturated rings. The van der Waals surface area contributed by atoms with Crippen molar-refractivity contribution in [3.63, 3.8) is 0 Å². The fourth-order valence-corrected chi connectivity index (χ4v) is 8.71. The molecule has 4 heterocycles. The summed E-state index contributed by atoms with van der Waals surface area (Å²) in [6.07, 6.45) is 5.46. The molecule has 1 N–H and O–H groups in total. The quantitative estimate of drug-likeness (QED) is 0.374. The van der Waals surface area contributed by atoms with Gasteiger partial charge in [0.25, 0.3) is 15.9 Å². The highest BCUT2D eigenvalue weighted by atomic mass is 32.2. The summed E-state index contributed by atoms with van der Waals surface area (Å²) >= 11 is 0. The first kappa shape index (κ1) is 33.2. The second-order valence-corrected chi connectivity index (χ2v) is 14.3. The third-order valence-electron chi connectivity index (χ3n) is 9.86. The second kappa shape index (κ2) is 13.4. The number of nitrogens with one attached hydrogen (secondary N) is 1. The maximum atomic E-state index is 15.0. The van der Waals surface area contributed by atoms with Crippen LogP contribution in [-0.4, -0.2) is 82.1 Å². The van der Waals surface area contributed by atoms with Crippen LogP contribution in [0.1, 0.15) is 49.3 Å². The number of hydrogen-bond acceptors (Lipinski definition) is 9. The van der Waals surface area contributed by atoms with E-state index in [1.807, 2.05) is 0 Å². The summed E-state index contributed by atoms with van der Waals surface area (Å²) in [6, 6.07) is 14.8. The maximum absolute atomic E-state index is 15.0. The fraction of sp³-hybridized carbons (Fsp3) is 0.429. The minimum atomic E-state index is -4.52. The Hall–Kier alpha value is -4.67. The van der Waals surface area contributed by atoms with E-state index in [1.54, 1.807) is 24.0 Å². The van der Waals surface area contributed by atoms with Crippen molar-refractivity contribution in [2.45, 2.75) is 43.0 Å². The number of piperidine rings is 2. The van der Waals surface area contributed by atoms with E-state index in [2.05, 4.69) is 28.3 Å². The molecule has 0 spiro atoms. The third kappa shape index (κ3) is 5.84. The number of likely N-dealkylation sites (tertiary alicyclic amines) is 2. The number of carbonyl (C=O) groups excluding carboxylic acids is 2. The highest BCUT2D eigenvalue weighted by Gasteiger charge is 2.59. The SMILES string of the molecule is CCOc1ncccc1C1(NC(=O)N2CCC(C3CCN(C)CC3)CC2)C(=O)N(S(=O)(=O)c2ccc(OC)cc2)c2ccc(C#N)cc21. The molecule has 0 radical (unpaired) electrons. The zero-order valence-corrected chi connectivity index (χ0v) is 28.2. The summed E-state index contributed by atoms with van der Waals surface area (Å²) < 4.78 is 40.4. The van der Waals surface area contributed by atoms with E-state index in [0.29, 0.717) is 35.0 Å². The highest BCUT2D eigenvalue weighted by molar-refractivity contribution is 7.93. The monoisotopic (exact) mass is 672 g/mol. The highest BCUT2D eigenvalue weighted by Crippen LogP contribution is 2.49. The lowest BCUT2D eigenvalue weighted by Gasteiger charge is -2.40. The Morgan fingerprint density at radius 2 is 1.69 bits per heavy atom. The average molecular weight is 673 g/mol. The van der Waals surface area contributed by atoms with E-state index >= 15 is 4.79 Å². The first-order valence-corrected chi connectivity index (χ1v) is 17.7. The molecule has 0 aliphatic carbocycles. The van der Waals surface area contributed by atoms with Crippen molar-refractivity contribution >= 4 is 27.6 Å². The molecule has 2 aromatic carbocycles. The van der Waals surface area contributed by atoms with Crippen molar-refractivity contribution in [3.8, 4) is 17.7 Å². The van der Waals surface area contributed by atoms with Gasteiger partial charge in [-0.25, -0.2) is 18.2 Å². The molecule has 0 saturated carbocycles. The van der Waals surface area contributed by atoms with Gasteiger partial charge < -0.3 is 24.6 Å². The lowest BCUT2D eigenvalue weighted by atomic mass is 9.79. The molecule has 3 aliphatic rings. The summed E-state index contributed by atoms with van der Waals surface area (Å²) in [7, 11) is -0.909. The van der Waals surface area contributed by atoms with Gasteiger partial charge in [0.1, 0.15) is 5.75 Å². The summed E-state index contributed by atoms with van der Waals surface area (Å²) in [6.45, 7) is 5.10. The molecule has 6 rings (SSSR count). The molecular weight excluding hydrogens is 632 g/mol. The average Bonchev–Trinajstić information content (AvgIpc) is 3.36. The van der Waals surface area contributed by atoms with E-state index < -0.39 is 27.5 Å². The van der Waals surface area contributed by atoms with Crippen LogP contribution in [-0.2, 0) is 20.4 Å². The number of pyridine rings is 1. The Labute approximate surface area is 281 Å². The lowest BCUT2D eigenvalue weighted by molar-refractivity contribution is -0.121. The molecule has 1 unspecified atom stereocenters. The number of anilines is 1. The van der Waals surface area contributed by atoms with Crippen LogP contribution in [0.25, 0.3) is 0 Å². The largest absolute Gasteiger partial charge is 0.497 e. The summed E-state index contributed by atoms with van der Waals surface area (Å²) in [5.74, 6) is 0.695. The van der Waals surface area contributed by atoms with Crippen LogP contribution in [0, 0.1) is 23.2 Å². The molecular formula is C35H40N6O6S. The number of urea groups is 1. The number of rotatable bonds is 8. The van der Waals surface area contributed by atoms with Crippen LogP contribution in [0.4, 0.5) is 10.5 Å². The number of hydrogen-bond donors (Lipinski definition) is 1. The predicted molar refractivity (Wildman–Crippen MR) is 178 cm³/mol. The van der Waals surface area contributed by atoms with Crippen molar-refractivity contribution in [2.75, 3.05) is 51.2 Å². The molecule has 12 nitrogen and oxygen atoms in total. The van der Waals surface area contributed by atoms with Crippen molar-refractivity contribution in [3.05, 3.63) is 77.5 Å². The van der Waals surface area contributed by atoms with E-state index in [4.69, 9.17) is 9.47 Å².